The Hall–Kier alpha value is -0.130. The number of rotatable bonds is 5. The van der Waals surface area contributed by atoms with Gasteiger partial charge in [-0.2, -0.15) is 11.8 Å². The third kappa shape index (κ3) is 3.94. The Morgan fingerprint density at radius 1 is 1.43 bits per heavy atom. The van der Waals surface area contributed by atoms with Gasteiger partial charge in [-0.25, -0.2) is 9.97 Å². The summed E-state index contributed by atoms with van der Waals surface area (Å²) in [7, 11) is 0. The molecular formula is C8H12ClN3S2. The van der Waals surface area contributed by atoms with E-state index in [-0.39, 0.29) is 0 Å². The molecule has 0 aromatic carbocycles. The van der Waals surface area contributed by atoms with Crippen LogP contribution in [-0.2, 0) is 0 Å². The van der Waals surface area contributed by atoms with Crippen LogP contribution in [0.5, 0.6) is 0 Å². The highest BCUT2D eigenvalue weighted by Gasteiger charge is 2.01. The molecule has 1 aromatic rings. The summed E-state index contributed by atoms with van der Waals surface area (Å²) in [6.07, 6.45) is 4.00. The molecule has 0 saturated carbocycles. The Kier molecular flexibility index (Phi) is 5.44. The second kappa shape index (κ2) is 6.37. The molecule has 3 nitrogen and oxygen atoms in total. The number of anilines is 1. The largest absolute Gasteiger partial charge is 0.369 e. The molecule has 0 saturated heterocycles. The monoisotopic (exact) mass is 249 g/mol. The molecule has 0 aliphatic rings. The maximum atomic E-state index is 5.83. The summed E-state index contributed by atoms with van der Waals surface area (Å²) >= 11 is 9.11. The summed E-state index contributed by atoms with van der Waals surface area (Å²) in [5.41, 5.74) is 0. The van der Waals surface area contributed by atoms with Crippen LogP contribution in [0.2, 0.25) is 5.15 Å². The van der Waals surface area contributed by atoms with Crippen LogP contribution in [-0.4, -0.2) is 34.8 Å². The van der Waals surface area contributed by atoms with E-state index in [0.717, 1.165) is 18.1 Å². The first-order chi connectivity index (χ1) is 6.76. The lowest BCUT2D eigenvalue weighted by Gasteiger charge is -2.05. The maximum Gasteiger partial charge on any atom is 0.190 e. The topological polar surface area (TPSA) is 37.8 Å². The molecule has 0 bridgehead atoms. The molecule has 1 rings (SSSR count). The van der Waals surface area contributed by atoms with Crippen LogP contribution in [0.1, 0.15) is 0 Å². The van der Waals surface area contributed by atoms with Crippen molar-refractivity contribution in [1.29, 1.82) is 0 Å². The van der Waals surface area contributed by atoms with E-state index in [9.17, 15) is 0 Å². The summed E-state index contributed by atoms with van der Waals surface area (Å²) in [4.78, 5) is 8.32. The quantitative estimate of drug-likeness (QED) is 0.376. The number of halogens is 1. The fraction of sp³-hybridized carbons (Fsp3) is 0.500. The molecule has 0 spiro atoms. The minimum Gasteiger partial charge on any atom is -0.369 e. The van der Waals surface area contributed by atoms with Gasteiger partial charge < -0.3 is 5.32 Å². The molecular weight excluding hydrogens is 238 g/mol. The van der Waals surface area contributed by atoms with Crippen LogP contribution in [0.15, 0.2) is 11.2 Å². The molecule has 14 heavy (non-hydrogen) atoms. The van der Waals surface area contributed by atoms with Crippen molar-refractivity contribution >= 4 is 40.9 Å². The van der Waals surface area contributed by atoms with Gasteiger partial charge in [-0.1, -0.05) is 23.4 Å². The first-order valence-electron chi connectivity index (χ1n) is 4.07. The second-order valence-electron chi connectivity index (χ2n) is 2.48. The number of hydrogen-bond acceptors (Lipinski definition) is 5. The highest BCUT2D eigenvalue weighted by Crippen LogP contribution is 2.16. The molecule has 0 aliphatic heterocycles. The average Bonchev–Trinajstić information content (AvgIpc) is 2.17. The zero-order chi connectivity index (χ0) is 10.4. The van der Waals surface area contributed by atoms with Gasteiger partial charge in [0.1, 0.15) is 11.0 Å². The Labute approximate surface area is 97.4 Å². The van der Waals surface area contributed by atoms with Crippen molar-refractivity contribution in [3.63, 3.8) is 0 Å². The predicted octanol–water partition coefficient (Wildman–Crippen LogP) is 2.63. The van der Waals surface area contributed by atoms with E-state index in [4.69, 9.17) is 11.6 Å². The number of nitrogens with one attached hydrogen (secondary N) is 1. The lowest BCUT2D eigenvalue weighted by atomic mass is 10.5. The van der Waals surface area contributed by atoms with Gasteiger partial charge in [0, 0.05) is 18.4 Å². The summed E-state index contributed by atoms with van der Waals surface area (Å²) < 4.78 is 0. The second-order valence-corrected chi connectivity index (χ2v) is 4.63. The van der Waals surface area contributed by atoms with E-state index in [1.54, 1.807) is 17.8 Å². The van der Waals surface area contributed by atoms with Gasteiger partial charge >= 0.3 is 0 Å². The van der Waals surface area contributed by atoms with E-state index in [2.05, 4.69) is 21.5 Å². The molecule has 6 heteroatoms. The van der Waals surface area contributed by atoms with E-state index in [0.29, 0.717) is 10.3 Å². The number of thioether (sulfide) groups is 2. The molecule has 0 radical (unpaired) electrons. The first kappa shape index (κ1) is 11.9. The zero-order valence-corrected chi connectivity index (χ0v) is 10.5. The molecule has 0 amide bonds. The predicted molar refractivity (Wildman–Crippen MR) is 65.7 cm³/mol. The zero-order valence-electron chi connectivity index (χ0n) is 8.08. The minimum atomic E-state index is 0.482. The summed E-state index contributed by atoms with van der Waals surface area (Å²) in [6, 6.07) is 1.74. The van der Waals surface area contributed by atoms with E-state index in [1.165, 1.54) is 11.8 Å². The van der Waals surface area contributed by atoms with Crippen molar-refractivity contribution in [2.75, 3.05) is 30.1 Å². The molecule has 0 fully saturated rings. The first-order valence-corrected chi connectivity index (χ1v) is 7.07. The third-order valence-electron chi connectivity index (χ3n) is 1.47. The number of nitrogens with zero attached hydrogens (tertiary/aromatic N) is 2. The van der Waals surface area contributed by atoms with Gasteiger partial charge in [-0.05, 0) is 12.5 Å². The Morgan fingerprint density at radius 2 is 2.21 bits per heavy atom. The molecule has 1 N–H and O–H groups in total. The molecule has 0 aliphatic carbocycles. The summed E-state index contributed by atoms with van der Waals surface area (Å²) in [5.74, 6) is 1.85. The van der Waals surface area contributed by atoms with Gasteiger partial charge in [0.2, 0.25) is 0 Å². The Morgan fingerprint density at radius 3 is 2.86 bits per heavy atom. The SMILES string of the molecule is CSCCNc1cc(Cl)nc(SC)n1. The van der Waals surface area contributed by atoms with Crippen molar-refractivity contribution in [2.45, 2.75) is 5.16 Å². The van der Waals surface area contributed by atoms with Crippen molar-refractivity contribution in [2.24, 2.45) is 0 Å². The van der Waals surface area contributed by atoms with Gasteiger partial charge in [0.15, 0.2) is 5.16 Å². The van der Waals surface area contributed by atoms with Crippen LogP contribution >= 0.6 is 35.1 Å². The Balaban J connectivity index is 2.62. The lowest BCUT2D eigenvalue weighted by Crippen LogP contribution is -2.06. The Bertz CT molecular complexity index is 296. The fourth-order valence-corrected chi connectivity index (χ4v) is 1.78. The van der Waals surface area contributed by atoms with E-state index >= 15 is 0 Å². The van der Waals surface area contributed by atoms with Crippen molar-refractivity contribution in [3.8, 4) is 0 Å². The summed E-state index contributed by atoms with van der Waals surface area (Å²) in [6.45, 7) is 0.891. The van der Waals surface area contributed by atoms with Crippen LogP contribution in [0.4, 0.5) is 5.82 Å². The van der Waals surface area contributed by atoms with Gasteiger partial charge in [-0.15, -0.1) is 0 Å². The van der Waals surface area contributed by atoms with Crippen molar-refractivity contribution in [1.82, 2.24) is 9.97 Å². The van der Waals surface area contributed by atoms with Crippen LogP contribution in [0, 0.1) is 0 Å². The highest BCUT2D eigenvalue weighted by atomic mass is 35.5. The van der Waals surface area contributed by atoms with E-state index < -0.39 is 0 Å². The molecule has 0 atom stereocenters. The van der Waals surface area contributed by atoms with Gasteiger partial charge in [0.05, 0.1) is 0 Å². The van der Waals surface area contributed by atoms with Crippen molar-refractivity contribution in [3.05, 3.63) is 11.2 Å². The lowest BCUT2D eigenvalue weighted by molar-refractivity contribution is 0.964. The minimum absolute atomic E-state index is 0.482. The van der Waals surface area contributed by atoms with Crippen molar-refractivity contribution < 1.29 is 0 Å². The normalized spacial score (nSPS) is 10.2. The molecule has 1 heterocycles. The van der Waals surface area contributed by atoms with E-state index in [1.807, 2.05) is 6.26 Å². The maximum absolute atomic E-state index is 5.83. The molecule has 1 aromatic heterocycles. The van der Waals surface area contributed by atoms with Crippen LogP contribution in [0.25, 0.3) is 0 Å². The molecule has 78 valence electrons. The average molecular weight is 250 g/mol. The van der Waals surface area contributed by atoms with Crippen LogP contribution < -0.4 is 5.32 Å². The number of hydrogen-bond donors (Lipinski definition) is 1. The number of aromatic nitrogens is 2. The summed E-state index contributed by atoms with van der Waals surface area (Å²) in [5, 5.41) is 4.37. The molecule has 0 unspecified atom stereocenters. The third-order valence-corrected chi connectivity index (χ3v) is 2.82. The highest BCUT2D eigenvalue weighted by molar-refractivity contribution is 7.98. The van der Waals surface area contributed by atoms with Gasteiger partial charge in [-0.3, -0.25) is 0 Å². The smallest absolute Gasteiger partial charge is 0.190 e. The standard InChI is InChI=1S/C8H12ClN3S2/c1-13-4-3-10-7-5-6(9)11-8(12-7)14-2/h5H,3-4H2,1-2H3,(H,10,11,12). The van der Waals surface area contributed by atoms with Gasteiger partial charge in [0.25, 0.3) is 0 Å². The fourth-order valence-electron chi connectivity index (χ4n) is 0.860. The van der Waals surface area contributed by atoms with Crippen LogP contribution in [0.3, 0.4) is 0 Å².